The molecule has 0 aromatic carbocycles. The minimum atomic E-state index is -0.427. The van der Waals surface area contributed by atoms with Gasteiger partial charge in [0, 0.05) is 12.6 Å². The van der Waals surface area contributed by atoms with Crippen LogP contribution in [0.25, 0.3) is 0 Å². The van der Waals surface area contributed by atoms with E-state index in [4.69, 9.17) is 4.74 Å². The first-order valence-electron chi connectivity index (χ1n) is 8.66. The maximum atomic E-state index is 12.1. The van der Waals surface area contributed by atoms with Gasteiger partial charge in [-0.2, -0.15) is 0 Å². The first-order valence-corrected chi connectivity index (χ1v) is 8.66. The van der Waals surface area contributed by atoms with Crippen LogP contribution in [0, 0.1) is 11.8 Å². The number of rotatable bonds is 2. The molecule has 2 unspecified atom stereocenters. The molecule has 0 aromatic heterocycles. The molecule has 1 saturated carbocycles. The van der Waals surface area contributed by atoms with Crippen LogP contribution in [-0.2, 0) is 4.74 Å². The van der Waals surface area contributed by atoms with Crippen LogP contribution in [-0.4, -0.2) is 30.8 Å². The van der Waals surface area contributed by atoms with Crippen molar-refractivity contribution < 1.29 is 9.53 Å². The van der Waals surface area contributed by atoms with Crippen molar-refractivity contribution in [2.45, 2.75) is 77.4 Å². The Morgan fingerprint density at radius 2 is 1.76 bits per heavy atom. The fourth-order valence-corrected chi connectivity index (χ4v) is 3.80. The van der Waals surface area contributed by atoms with Crippen LogP contribution in [0.2, 0.25) is 0 Å². The second-order valence-corrected chi connectivity index (χ2v) is 7.66. The van der Waals surface area contributed by atoms with Crippen molar-refractivity contribution in [1.29, 1.82) is 0 Å². The molecule has 0 bridgehead atoms. The maximum absolute atomic E-state index is 12.1. The first kappa shape index (κ1) is 16.6. The fourth-order valence-electron chi connectivity index (χ4n) is 3.80. The van der Waals surface area contributed by atoms with E-state index in [1.165, 1.54) is 44.9 Å². The summed E-state index contributed by atoms with van der Waals surface area (Å²) >= 11 is 0. The summed E-state index contributed by atoms with van der Waals surface area (Å²) in [5.41, 5.74) is -0.427. The van der Waals surface area contributed by atoms with Crippen molar-refractivity contribution in [3.05, 3.63) is 0 Å². The van der Waals surface area contributed by atoms with E-state index in [2.05, 4.69) is 10.6 Å². The number of hydrogen-bond acceptors (Lipinski definition) is 3. The highest BCUT2D eigenvalue weighted by atomic mass is 16.6. The number of hydrogen-bond donors (Lipinski definition) is 2. The number of carbonyl (C=O) groups is 1. The Balaban J connectivity index is 1.93. The van der Waals surface area contributed by atoms with Crippen molar-refractivity contribution in [2.75, 3.05) is 13.1 Å². The lowest BCUT2D eigenvalue weighted by Gasteiger charge is -2.38. The summed E-state index contributed by atoms with van der Waals surface area (Å²) in [6.45, 7) is 7.69. The van der Waals surface area contributed by atoms with E-state index in [-0.39, 0.29) is 12.1 Å². The Kier molecular flexibility index (Phi) is 5.91. The van der Waals surface area contributed by atoms with Gasteiger partial charge in [0.2, 0.25) is 0 Å². The predicted octanol–water partition coefficient (Wildman–Crippen LogP) is 3.46. The minimum absolute atomic E-state index is 0.219. The molecule has 4 heteroatoms. The van der Waals surface area contributed by atoms with Gasteiger partial charge in [0.1, 0.15) is 5.60 Å². The minimum Gasteiger partial charge on any atom is -0.444 e. The van der Waals surface area contributed by atoms with Gasteiger partial charge in [-0.15, -0.1) is 0 Å². The standard InChI is InChI=1S/C17H32N2O2/c1-17(2,3)21-16(20)19-15-12-18-11-10-14(15)13-8-6-4-5-7-9-13/h13-15,18H,4-12H2,1-3H3,(H,19,20). The molecule has 0 aromatic rings. The Hall–Kier alpha value is -0.770. The molecule has 1 amide bonds. The quantitative estimate of drug-likeness (QED) is 0.767. The van der Waals surface area contributed by atoms with E-state index < -0.39 is 5.60 Å². The van der Waals surface area contributed by atoms with Gasteiger partial charge in [0.25, 0.3) is 0 Å². The summed E-state index contributed by atoms with van der Waals surface area (Å²) in [7, 11) is 0. The maximum Gasteiger partial charge on any atom is 0.407 e. The molecule has 1 heterocycles. The van der Waals surface area contributed by atoms with Crippen LogP contribution in [0.15, 0.2) is 0 Å². The van der Waals surface area contributed by atoms with Crippen molar-refractivity contribution in [1.82, 2.24) is 10.6 Å². The molecule has 2 N–H and O–H groups in total. The lowest BCUT2D eigenvalue weighted by atomic mass is 9.77. The third kappa shape index (κ3) is 5.50. The molecule has 2 aliphatic rings. The van der Waals surface area contributed by atoms with Gasteiger partial charge in [-0.25, -0.2) is 4.79 Å². The molecule has 1 aliphatic carbocycles. The average molecular weight is 296 g/mol. The van der Waals surface area contributed by atoms with Crippen LogP contribution < -0.4 is 10.6 Å². The Labute approximate surface area is 129 Å². The Morgan fingerprint density at radius 1 is 1.10 bits per heavy atom. The molecule has 2 fully saturated rings. The average Bonchev–Trinajstić information content (AvgIpc) is 2.66. The van der Waals surface area contributed by atoms with E-state index in [9.17, 15) is 4.79 Å². The largest absolute Gasteiger partial charge is 0.444 e. The highest BCUT2D eigenvalue weighted by molar-refractivity contribution is 5.68. The molecule has 0 radical (unpaired) electrons. The van der Waals surface area contributed by atoms with Crippen molar-refractivity contribution in [3.8, 4) is 0 Å². The molecular formula is C17H32N2O2. The third-order valence-electron chi connectivity index (χ3n) is 4.74. The summed E-state index contributed by atoms with van der Waals surface area (Å²) in [4.78, 5) is 12.1. The third-order valence-corrected chi connectivity index (χ3v) is 4.74. The van der Waals surface area contributed by atoms with Crippen LogP contribution in [0.5, 0.6) is 0 Å². The highest BCUT2D eigenvalue weighted by Gasteiger charge is 2.33. The summed E-state index contributed by atoms with van der Waals surface area (Å²) in [5.74, 6) is 1.38. The fraction of sp³-hybridized carbons (Fsp3) is 0.941. The summed E-state index contributed by atoms with van der Waals surface area (Å²) < 4.78 is 5.42. The Morgan fingerprint density at radius 3 is 2.38 bits per heavy atom. The predicted molar refractivity (Wildman–Crippen MR) is 85.3 cm³/mol. The van der Waals surface area contributed by atoms with Crippen LogP contribution in [0.4, 0.5) is 4.79 Å². The molecule has 21 heavy (non-hydrogen) atoms. The first-order chi connectivity index (χ1) is 9.96. The number of ether oxygens (including phenoxy) is 1. The zero-order valence-electron chi connectivity index (χ0n) is 13.9. The van der Waals surface area contributed by atoms with Gasteiger partial charge in [0.15, 0.2) is 0 Å². The van der Waals surface area contributed by atoms with Gasteiger partial charge >= 0.3 is 6.09 Å². The van der Waals surface area contributed by atoms with Gasteiger partial charge < -0.3 is 15.4 Å². The second kappa shape index (κ2) is 7.48. The SMILES string of the molecule is CC(C)(C)OC(=O)NC1CNCCC1C1CCCCCC1. The number of nitrogens with one attached hydrogen (secondary N) is 2. The molecular weight excluding hydrogens is 264 g/mol. The number of carbonyl (C=O) groups excluding carboxylic acids is 1. The smallest absolute Gasteiger partial charge is 0.407 e. The lowest BCUT2D eigenvalue weighted by Crippen LogP contribution is -2.53. The van der Waals surface area contributed by atoms with Gasteiger partial charge in [-0.05, 0) is 45.6 Å². The van der Waals surface area contributed by atoms with Gasteiger partial charge in [-0.1, -0.05) is 38.5 Å². The zero-order valence-corrected chi connectivity index (χ0v) is 13.9. The summed E-state index contributed by atoms with van der Waals surface area (Å²) in [6.07, 6.45) is 9.04. The Bertz CT molecular complexity index is 330. The topological polar surface area (TPSA) is 50.4 Å². The van der Waals surface area contributed by atoms with Crippen molar-refractivity contribution >= 4 is 6.09 Å². The summed E-state index contributed by atoms with van der Waals surface area (Å²) in [5, 5.41) is 6.54. The normalized spacial score (nSPS) is 28.7. The van der Waals surface area contributed by atoms with E-state index in [1.54, 1.807) is 0 Å². The summed E-state index contributed by atoms with van der Waals surface area (Å²) in [6, 6.07) is 0.219. The van der Waals surface area contributed by atoms with Gasteiger partial charge in [0.05, 0.1) is 0 Å². The van der Waals surface area contributed by atoms with E-state index in [1.807, 2.05) is 20.8 Å². The van der Waals surface area contributed by atoms with Gasteiger partial charge in [-0.3, -0.25) is 0 Å². The van der Waals surface area contributed by atoms with E-state index >= 15 is 0 Å². The molecule has 2 atom stereocenters. The van der Waals surface area contributed by atoms with E-state index in [0.29, 0.717) is 5.92 Å². The number of alkyl carbamates (subject to hydrolysis) is 1. The number of amides is 1. The van der Waals surface area contributed by atoms with Crippen LogP contribution >= 0.6 is 0 Å². The highest BCUT2D eigenvalue weighted by Crippen LogP contribution is 2.33. The second-order valence-electron chi connectivity index (χ2n) is 7.66. The zero-order chi connectivity index (χ0) is 15.3. The number of piperidine rings is 1. The molecule has 0 spiro atoms. The molecule has 2 rings (SSSR count). The van der Waals surface area contributed by atoms with Crippen LogP contribution in [0.1, 0.15) is 65.7 Å². The van der Waals surface area contributed by atoms with Crippen molar-refractivity contribution in [3.63, 3.8) is 0 Å². The molecule has 1 aliphatic heterocycles. The molecule has 4 nitrogen and oxygen atoms in total. The monoisotopic (exact) mass is 296 g/mol. The molecule has 1 saturated heterocycles. The van der Waals surface area contributed by atoms with Crippen LogP contribution in [0.3, 0.4) is 0 Å². The lowest BCUT2D eigenvalue weighted by molar-refractivity contribution is 0.0451. The van der Waals surface area contributed by atoms with Crippen molar-refractivity contribution in [2.24, 2.45) is 11.8 Å². The molecule has 122 valence electrons. The van der Waals surface area contributed by atoms with E-state index in [0.717, 1.165) is 19.0 Å².